The van der Waals surface area contributed by atoms with E-state index >= 15 is 0 Å². The van der Waals surface area contributed by atoms with E-state index in [1.54, 1.807) is 6.07 Å². The summed E-state index contributed by atoms with van der Waals surface area (Å²) in [7, 11) is -3.83. The standard InChI is InChI=1S/C14H20BrFN2O2S/c1-3-17-8-10-6-11(15)7-13(14(10)16)21(19,20)18-12-4-9(2)5-12/h6-7,9,12,17-18H,3-5,8H2,1-2H3. The molecular weight excluding hydrogens is 359 g/mol. The van der Waals surface area contributed by atoms with Crippen molar-refractivity contribution in [3.63, 3.8) is 0 Å². The second-order valence-corrected chi connectivity index (χ2v) is 8.15. The van der Waals surface area contributed by atoms with Crippen molar-refractivity contribution in [3.05, 3.63) is 28.0 Å². The van der Waals surface area contributed by atoms with Crippen LogP contribution in [0.5, 0.6) is 0 Å². The Balaban J connectivity index is 2.27. The SMILES string of the molecule is CCNCc1cc(Br)cc(S(=O)(=O)NC2CC(C)C2)c1F. The third kappa shape index (κ3) is 4.03. The summed E-state index contributed by atoms with van der Waals surface area (Å²) in [5.74, 6) is -0.159. The average molecular weight is 379 g/mol. The zero-order valence-electron chi connectivity index (χ0n) is 12.1. The van der Waals surface area contributed by atoms with E-state index in [0.717, 1.165) is 12.8 Å². The molecule has 2 N–H and O–H groups in total. The summed E-state index contributed by atoms with van der Waals surface area (Å²) in [5, 5.41) is 3.00. The summed E-state index contributed by atoms with van der Waals surface area (Å²) >= 11 is 3.25. The number of rotatable bonds is 6. The zero-order valence-corrected chi connectivity index (χ0v) is 14.5. The van der Waals surface area contributed by atoms with Gasteiger partial charge >= 0.3 is 0 Å². The molecule has 0 radical (unpaired) electrons. The maximum atomic E-state index is 14.4. The van der Waals surface area contributed by atoms with Gasteiger partial charge in [0, 0.05) is 22.6 Å². The predicted octanol–water partition coefficient (Wildman–Crippen LogP) is 2.77. The van der Waals surface area contributed by atoms with Crippen LogP contribution in [0.15, 0.2) is 21.5 Å². The highest BCUT2D eigenvalue weighted by atomic mass is 79.9. The molecule has 0 aliphatic heterocycles. The second-order valence-electron chi connectivity index (χ2n) is 5.55. The number of nitrogens with one attached hydrogen (secondary N) is 2. The van der Waals surface area contributed by atoms with Crippen molar-refractivity contribution < 1.29 is 12.8 Å². The molecule has 0 saturated heterocycles. The molecule has 1 saturated carbocycles. The number of sulfonamides is 1. The van der Waals surface area contributed by atoms with E-state index in [1.165, 1.54) is 6.07 Å². The number of halogens is 2. The highest BCUT2D eigenvalue weighted by Gasteiger charge is 2.31. The maximum Gasteiger partial charge on any atom is 0.243 e. The first kappa shape index (κ1) is 16.9. The first-order chi connectivity index (χ1) is 9.83. The van der Waals surface area contributed by atoms with Gasteiger partial charge in [-0.05, 0) is 37.4 Å². The molecule has 0 atom stereocenters. The first-order valence-electron chi connectivity index (χ1n) is 7.04. The highest BCUT2D eigenvalue weighted by Crippen LogP contribution is 2.29. The van der Waals surface area contributed by atoms with E-state index < -0.39 is 15.8 Å². The Hall–Kier alpha value is -0.500. The third-order valence-electron chi connectivity index (χ3n) is 3.63. The Bertz CT molecular complexity index is 616. The Morgan fingerprint density at radius 3 is 2.62 bits per heavy atom. The van der Waals surface area contributed by atoms with Gasteiger partial charge in [-0.25, -0.2) is 17.5 Å². The van der Waals surface area contributed by atoms with E-state index in [-0.39, 0.29) is 10.9 Å². The smallest absolute Gasteiger partial charge is 0.243 e. The Kier molecular flexibility index (Phi) is 5.40. The molecule has 21 heavy (non-hydrogen) atoms. The lowest BCUT2D eigenvalue weighted by Crippen LogP contribution is -2.43. The molecule has 0 bridgehead atoms. The molecule has 0 amide bonds. The van der Waals surface area contributed by atoms with Crippen molar-refractivity contribution in [3.8, 4) is 0 Å². The number of benzene rings is 1. The zero-order chi connectivity index (χ0) is 15.6. The monoisotopic (exact) mass is 378 g/mol. The van der Waals surface area contributed by atoms with Crippen LogP contribution in [0.1, 0.15) is 32.3 Å². The Morgan fingerprint density at radius 1 is 1.38 bits per heavy atom. The molecule has 1 fully saturated rings. The van der Waals surface area contributed by atoms with E-state index in [2.05, 4.69) is 32.9 Å². The Morgan fingerprint density at radius 2 is 2.05 bits per heavy atom. The van der Waals surface area contributed by atoms with Crippen molar-refractivity contribution in [2.75, 3.05) is 6.54 Å². The van der Waals surface area contributed by atoms with Gasteiger partial charge in [0.15, 0.2) is 0 Å². The minimum absolute atomic E-state index is 0.0828. The van der Waals surface area contributed by atoms with Gasteiger partial charge in [-0.15, -0.1) is 0 Å². The Labute approximate surface area is 133 Å². The van der Waals surface area contributed by atoms with Gasteiger partial charge < -0.3 is 5.32 Å². The maximum absolute atomic E-state index is 14.4. The molecule has 0 unspecified atom stereocenters. The van der Waals surface area contributed by atoms with Crippen molar-refractivity contribution in [2.45, 2.75) is 44.2 Å². The normalized spacial score (nSPS) is 22.1. The summed E-state index contributed by atoms with van der Waals surface area (Å²) in [6, 6.07) is 2.83. The summed E-state index contributed by atoms with van der Waals surface area (Å²) in [4.78, 5) is -0.288. The molecule has 0 heterocycles. The van der Waals surface area contributed by atoms with Crippen molar-refractivity contribution in [1.29, 1.82) is 0 Å². The lowest BCUT2D eigenvalue weighted by molar-refractivity contribution is 0.270. The molecule has 1 aromatic carbocycles. The molecule has 1 aliphatic rings. The third-order valence-corrected chi connectivity index (χ3v) is 5.61. The van der Waals surface area contributed by atoms with Gasteiger partial charge in [-0.3, -0.25) is 0 Å². The van der Waals surface area contributed by atoms with Crippen LogP contribution in [0, 0.1) is 11.7 Å². The fraction of sp³-hybridized carbons (Fsp3) is 0.571. The molecule has 118 valence electrons. The van der Waals surface area contributed by atoms with E-state index in [4.69, 9.17) is 0 Å². The largest absolute Gasteiger partial charge is 0.313 e. The fourth-order valence-corrected chi connectivity index (χ4v) is 4.55. The molecule has 2 rings (SSSR count). The van der Waals surface area contributed by atoms with E-state index in [0.29, 0.717) is 29.0 Å². The second kappa shape index (κ2) is 6.73. The van der Waals surface area contributed by atoms with Crippen molar-refractivity contribution >= 4 is 26.0 Å². The van der Waals surface area contributed by atoms with Crippen LogP contribution in [-0.2, 0) is 16.6 Å². The van der Waals surface area contributed by atoms with Gasteiger partial charge in [0.2, 0.25) is 10.0 Å². The summed E-state index contributed by atoms with van der Waals surface area (Å²) in [5.41, 5.74) is 0.341. The minimum atomic E-state index is -3.83. The number of hydrogen-bond acceptors (Lipinski definition) is 3. The van der Waals surface area contributed by atoms with Crippen LogP contribution in [0.3, 0.4) is 0 Å². The number of hydrogen-bond donors (Lipinski definition) is 2. The first-order valence-corrected chi connectivity index (χ1v) is 9.32. The van der Waals surface area contributed by atoms with Crippen LogP contribution in [0.4, 0.5) is 4.39 Å². The topological polar surface area (TPSA) is 58.2 Å². The molecule has 4 nitrogen and oxygen atoms in total. The van der Waals surface area contributed by atoms with Gasteiger partial charge in [-0.2, -0.15) is 0 Å². The van der Waals surface area contributed by atoms with Gasteiger partial charge in [0.1, 0.15) is 10.7 Å². The van der Waals surface area contributed by atoms with Crippen LogP contribution in [-0.4, -0.2) is 21.0 Å². The van der Waals surface area contributed by atoms with Gasteiger partial charge in [0.25, 0.3) is 0 Å². The minimum Gasteiger partial charge on any atom is -0.313 e. The lowest BCUT2D eigenvalue weighted by Gasteiger charge is -2.33. The van der Waals surface area contributed by atoms with Gasteiger partial charge in [0.05, 0.1) is 0 Å². The van der Waals surface area contributed by atoms with Crippen LogP contribution < -0.4 is 10.0 Å². The van der Waals surface area contributed by atoms with E-state index in [1.807, 2.05) is 6.92 Å². The fourth-order valence-electron chi connectivity index (χ4n) is 2.48. The lowest BCUT2D eigenvalue weighted by atomic mass is 9.83. The summed E-state index contributed by atoms with van der Waals surface area (Å²) in [6.07, 6.45) is 1.61. The van der Waals surface area contributed by atoms with Crippen LogP contribution >= 0.6 is 15.9 Å². The van der Waals surface area contributed by atoms with Gasteiger partial charge in [-0.1, -0.05) is 29.8 Å². The van der Waals surface area contributed by atoms with Crippen molar-refractivity contribution in [2.24, 2.45) is 5.92 Å². The summed E-state index contributed by atoms with van der Waals surface area (Å²) < 4.78 is 42.3. The molecule has 1 aromatic rings. The molecule has 0 spiro atoms. The molecule has 1 aliphatic carbocycles. The molecule has 0 aromatic heterocycles. The van der Waals surface area contributed by atoms with Crippen molar-refractivity contribution in [1.82, 2.24) is 10.0 Å². The molecule has 7 heteroatoms. The predicted molar refractivity (Wildman–Crippen MR) is 84.0 cm³/mol. The van der Waals surface area contributed by atoms with Crippen LogP contribution in [0.2, 0.25) is 0 Å². The molecular formula is C14H20BrFN2O2S. The van der Waals surface area contributed by atoms with E-state index in [9.17, 15) is 12.8 Å². The quantitative estimate of drug-likeness (QED) is 0.799. The summed E-state index contributed by atoms with van der Waals surface area (Å²) in [6.45, 7) is 4.96. The average Bonchev–Trinajstić information content (AvgIpc) is 2.37. The van der Waals surface area contributed by atoms with Crippen LogP contribution in [0.25, 0.3) is 0 Å². The highest BCUT2D eigenvalue weighted by molar-refractivity contribution is 9.10.